The lowest BCUT2D eigenvalue weighted by molar-refractivity contribution is -0.123. The topological polar surface area (TPSA) is 41.6 Å². The van der Waals surface area contributed by atoms with Crippen molar-refractivity contribution in [3.8, 4) is 5.75 Å². The highest BCUT2D eigenvalue weighted by Crippen LogP contribution is 2.24. The second kappa shape index (κ2) is 10.5. The number of carbonyl (C=O) groups excluding carboxylic acids is 1. The fourth-order valence-electron chi connectivity index (χ4n) is 3.59. The molecule has 0 spiro atoms. The molecule has 0 aliphatic carbocycles. The highest BCUT2D eigenvalue weighted by molar-refractivity contribution is 6.30. The van der Waals surface area contributed by atoms with Gasteiger partial charge in [0.2, 0.25) is 0 Å². The molecule has 0 bridgehead atoms. The number of halogens is 1. The van der Waals surface area contributed by atoms with E-state index >= 15 is 0 Å². The summed E-state index contributed by atoms with van der Waals surface area (Å²) < 4.78 is 5.56. The Bertz CT molecular complexity index is 738. The standard InChI is InChI=1S/C23H29ClN2O2/c1-18-6-8-19(9-7-18)22(26-14-4-2-3-5-15-26)16-25-23(27)17-28-21-12-10-20(24)11-13-21/h6-13,22H,2-5,14-17H2,1H3,(H,25,27)/t22-/m0/s1. The minimum atomic E-state index is -0.109. The maximum absolute atomic E-state index is 12.3. The summed E-state index contributed by atoms with van der Waals surface area (Å²) in [5.41, 5.74) is 2.50. The first-order valence-corrected chi connectivity index (χ1v) is 10.5. The number of benzene rings is 2. The summed E-state index contributed by atoms with van der Waals surface area (Å²) in [4.78, 5) is 14.9. The molecule has 3 rings (SSSR count). The summed E-state index contributed by atoms with van der Waals surface area (Å²) in [7, 11) is 0. The molecule has 150 valence electrons. The molecule has 28 heavy (non-hydrogen) atoms. The summed E-state index contributed by atoms with van der Waals surface area (Å²) in [6.07, 6.45) is 5.02. The number of likely N-dealkylation sites (tertiary alicyclic amines) is 1. The van der Waals surface area contributed by atoms with Gasteiger partial charge >= 0.3 is 0 Å². The number of nitrogens with one attached hydrogen (secondary N) is 1. The minimum absolute atomic E-state index is 0.00223. The van der Waals surface area contributed by atoms with Crippen molar-refractivity contribution in [2.75, 3.05) is 26.2 Å². The van der Waals surface area contributed by atoms with E-state index in [1.54, 1.807) is 24.3 Å². The van der Waals surface area contributed by atoms with Crippen molar-refractivity contribution >= 4 is 17.5 Å². The van der Waals surface area contributed by atoms with Gasteiger partial charge in [-0.1, -0.05) is 54.3 Å². The van der Waals surface area contributed by atoms with E-state index in [2.05, 4.69) is 41.4 Å². The van der Waals surface area contributed by atoms with Crippen molar-refractivity contribution in [2.45, 2.75) is 38.6 Å². The summed E-state index contributed by atoms with van der Waals surface area (Å²) in [6, 6.07) is 15.9. The van der Waals surface area contributed by atoms with E-state index in [1.165, 1.54) is 36.8 Å². The first-order valence-electron chi connectivity index (χ1n) is 10.1. The number of rotatable bonds is 7. The van der Waals surface area contributed by atoms with Crippen LogP contribution in [0.25, 0.3) is 0 Å². The second-order valence-electron chi connectivity index (χ2n) is 7.42. The molecule has 1 aliphatic rings. The second-order valence-corrected chi connectivity index (χ2v) is 7.86. The molecule has 2 aromatic rings. The summed E-state index contributed by atoms with van der Waals surface area (Å²) >= 11 is 5.87. The summed E-state index contributed by atoms with van der Waals surface area (Å²) in [5.74, 6) is 0.532. The molecule has 5 heteroatoms. The largest absolute Gasteiger partial charge is 0.484 e. The molecule has 4 nitrogen and oxygen atoms in total. The van der Waals surface area contributed by atoms with E-state index in [1.807, 2.05) is 0 Å². The van der Waals surface area contributed by atoms with Crippen LogP contribution in [0.5, 0.6) is 5.75 Å². The van der Waals surface area contributed by atoms with Crippen molar-refractivity contribution in [3.05, 3.63) is 64.7 Å². The normalized spacial score (nSPS) is 16.2. The Morgan fingerprint density at radius 1 is 1.04 bits per heavy atom. The Hall–Kier alpha value is -2.04. The smallest absolute Gasteiger partial charge is 0.258 e. The van der Waals surface area contributed by atoms with E-state index in [0.29, 0.717) is 17.3 Å². The van der Waals surface area contributed by atoms with Crippen LogP contribution >= 0.6 is 11.6 Å². The van der Waals surface area contributed by atoms with Gasteiger partial charge in [-0.2, -0.15) is 0 Å². The fraction of sp³-hybridized carbons (Fsp3) is 0.435. The molecule has 1 saturated heterocycles. The minimum Gasteiger partial charge on any atom is -0.484 e. The molecular formula is C23H29ClN2O2. The molecule has 1 aliphatic heterocycles. The monoisotopic (exact) mass is 400 g/mol. The zero-order chi connectivity index (χ0) is 19.8. The molecular weight excluding hydrogens is 372 g/mol. The zero-order valence-electron chi connectivity index (χ0n) is 16.5. The van der Waals surface area contributed by atoms with E-state index < -0.39 is 0 Å². The first-order chi connectivity index (χ1) is 13.6. The number of hydrogen-bond acceptors (Lipinski definition) is 3. The van der Waals surface area contributed by atoms with Crippen molar-refractivity contribution < 1.29 is 9.53 Å². The van der Waals surface area contributed by atoms with Crippen LogP contribution in [0.15, 0.2) is 48.5 Å². The van der Waals surface area contributed by atoms with Gasteiger partial charge in [0, 0.05) is 11.6 Å². The van der Waals surface area contributed by atoms with Crippen LogP contribution in [0.2, 0.25) is 5.02 Å². The highest BCUT2D eigenvalue weighted by atomic mass is 35.5. The van der Waals surface area contributed by atoms with Gasteiger partial charge in [0.1, 0.15) is 5.75 Å². The molecule has 1 amide bonds. The van der Waals surface area contributed by atoms with Crippen molar-refractivity contribution in [3.63, 3.8) is 0 Å². The van der Waals surface area contributed by atoms with Gasteiger partial charge in [0.15, 0.2) is 6.61 Å². The number of hydrogen-bond donors (Lipinski definition) is 1. The maximum atomic E-state index is 12.3. The lowest BCUT2D eigenvalue weighted by Crippen LogP contribution is -2.40. The Kier molecular flexibility index (Phi) is 7.75. The SMILES string of the molecule is Cc1ccc([C@H](CNC(=O)COc2ccc(Cl)cc2)N2CCCCCC2)cc1. The third kappa shape index (κ3) is 6.25. The van der Waals surface area contributed by atoms with Crippen molar-refractivity contribution in [1.82, 2.24) is 10.2 Å². The van der Waals surface area contributed by atoms with Crippen LogP contribution < -0.4 is 10.1 Å². The molecule has 1 heterocycles. The molecule has 1 N–H and O–H groups in total. The van der Waals surface area contributed by atoms with Gasteiger partial charge in [0.25, 0.3) is 5.91 Å². The average molecular weight is 401 g/mol. The number of aryl methyl sites for hydroxylation is 1. The molecule has 0 radical (unpaired) electrons. The summed E-state index contributed by atoms with van der Waals surface area (Å²) in [6.45, 7) is 4.85. The predicted molar refractivity (Wildman–Crippen MR) is 114 cm³/mol. The Balaban J connectivity index is 1.59. The lowest BCUT2D eigenvalue weighted by atomic mass is 10.0. The Morgan fingerprint density at radius 3 is 2.32 bits per heavy atom. The van der Waals surface area contributed by atoms with Crippen molar-refractivity contribution in [2.24, 2.45) is 0 Å². The number of amides is 1. The van der Waals surface area contributed by atoms with E-state index in [4.69, 9.17) is 16.3 Å². The van der Waals surface area contributed by atoms with Gasteiger partial charge in [-0.15, -0.1) is 0 Å². The van der Waals surface area contributed by atoms with Gasteiger partial charge < -0.3 is 10.1 Å². The van der Waals surface area contributed by atoms with Crippen LogP contribution in [-0.4, -0.2) is 37.0 Å². The predicted octanol–water partition coefficient (Wildman–Crippen LogP) is 4.76. The summed E-state index contributed by atoms with van der Waals surface area (Å²) in [5, 5.41) is 3.71. The van der Waals surface area contributed by atoms with Crippen LogP contribution in [0.3, 0.4) is 0 Å². The van der Waals surface area contributed by atoms with Gasteiger partial charge in [0.05, 0.1) is 6.04 Å². The van der Waals surface area contributed by atoms with Crippen LogP contribution in [0.1, 0.15) is 42.9 Å². The molecule has 0 aromatic heterocycles. The third-order valence-electron chi connectivity index (χ3n) is 5.22. The molecule has 1 atom stereocenters. The molecule has 2 aromatic carbocycles. The van der Waals surface area contributed by atoms with Gasteiger partial charge in [-0.3, -0.25) is 9.69 Å². The molecule has 0 unspecified atom stereocenters. The lowest BCUT2D eigenvalue weighted by Gasteiger charge is -2.31. The number of nitrogens with zero attached hydrogens (tertiary/aromatic N) is 1. The number of ether oxygens (including phenoxy) is 1. The molecule has 0 saturated carbocycles. The van der Waals surface area contributed by atoms with Crippen LogP contribution in [0, 0.1) is 6.92 Å². The first kappa shape index (κ1) is 20.7. The van der Waals surface area contributed by atoms with Crippen LogP contribution in [0.4, 0.5) is 0 Å². The van der Waals surface area contributed by atoms with Crippen LogP contribution in [-0.2, 0) is 4.79 Å². The van der Waals surface area contributed by atoms with Gasteiger partial charge in [-0.25, -0.2) is 0 Å². The van der Waals surface area contributed by atoms with Gasteiger partial charge in [-0.05, 0) is 62.7 Å². The van der Waals surface area contributed by atoms with E-state index in [0.717, 1.165) is 13.1 Å². The van der Waals surface area contributed by atoms with Crippen molar-refractivity contribution in [1.29, 1.82) is 0 Å². The molecule has 1 fully saturated rings. The quantitative estimate of drug-likeness (QED) is 0.728. The maximum Gasteiger partial charge on any atom is 0.258 e. The highest BCUT2D eigenvalue weighted by Gasteiger charge is 2.22. The third-order valence-corrected chi connectivity index (χ3v) is 5.47. The Morgan fingerprint density at radius 2 is 1.68 bits per heavy atom. The average Bonchev–Trinajstić information content (AvgIpc) is 2.98. The Labute approximate surface area is 172 Å². The zero-order valence-corrected chi connectivity index (χ0v) is 17.3. The van der Waals surface area contributed by atoms with E-state index in [-0.39, 0.29) is 18.6 Å². The fourth-order valence-corrected chi connectivity index (χ4v) is 3.72. The van der Waals surface area contributed by atoms with E-state index in [9.17, 15) is 4.79 Å². The number of carbonyl (C=O) groups is 1.